The molecular formula is C77H145NO10. The van der Waals surface area contributed by atoms with Gasteiger partial charge in [-0.15, -0.1) is 0 Å². The number of hydrogen-bond donors (Lipinski definition) is 8. The Morgan fingerprint density at radius 1 is 0.386 bits per heavy atom. The van der Waals surface area contributed by atoms with E-state index in [9.17, 15) is 40.5 Å². The summed E-state index contributed by atoms with van der Waals surface area (Å²) < 4.78 is 11.2. The molecule has 8 N–H and O–H groups in total. The summed E-state index contributed by atoms with van der Waals surface area (Å²) in [6, 6.07) is -1.20. The lowest BCUT2D eigenvalue weighted by Gasteiger charge is -2.40. The predicted octanol–water partition coefficient (Wildman–Crippen LogP) is 19.1. The second-order valence-electron chi connectivity index (χ2n) is 26.7. The first-order valence-corrected chi connectivity index (χ1v) is 38.0. The van der Waals surface area contributed by atoms with E-state index in [2.05, 4.69) is 67.8 Å². The highest BCUT2D eigenvalue weighted by atomic mass is 16.7. The molecule has 11 nitrogen and oxygen atoms in total. The molecule has 1 fully saturated rings. The second-order valence-corrected chi connectivity index (χ2v) is 26.7. The van der Waals surface area contributed by atoms with Gasteiger partial charge in [0, 0.05) is 0 Å². The Kier molecular flexibility index (Phi) is 62.2. The van der Waals surface area contributed by atoms with Crippen LogP contribution in [0, 0.1) is 0 Å². The van der Waals surface area contributed by atoms with Crippen LogP contribution in [0.5, 0.6) is 0 Å². The summed E-state index contributed by atoms with van der Waals surface area (Å²) in [4.78, 5) is 13.3. The predicted molar refractivity (Wildman–Crippen MR) is 372 cm³/mol. The van der Waals surface area contributed by atoms with Crippen molar-refractivity contribution in [3.05, 3.63) is 48.6 Å². The lowest BCUT2D eigenvalue weighted by Crippen LogP contribution is -2.60. The van der Waals surface area contributed by atoms with E-state index in [1.807, 2.05) is 0 Å². The maximum Gasteiger partial charge on any atom is 0.249 e. The molecular weight excluding hydrogens is 1100 g/mol. The van der Waals surface area contributed by atoms with Crippen LogP contribution in [0.15, 0.2) is 48.6 Å². The van der Waals surface area contributed by atoms with Gasteiger partial charge in [-0.1, -0.05) is 326 Å². The minimum Gasteiger partial charge on any atom is -0.394 e. The Balaban J connectivity index is 2.15. The maximum atomic E-state index is 13.3. The highest BCUT2D eigenvalue weighted by Crippen LogP contribution is 2.24. The van der Waals surface area contributed by atoms with Gasteiger partial charge >= 0.3 is 0 Å². The summed E-state index contributed by atoms with van der Waals surface area (Å²) in [5, 5.41) is 76.5. The molecule has 0 radical (unpaired) electrons. The normalized spacial score (nSPS) is 18.9. The van der Waals surface area contributed by atoms with E-state index in [-0.39, 0.29) is 12.8 Å². The number of carbonyl (C=O) groups is 1. The van der Waals surface area contributed by atoms with Crippen molar-refractivity contribution in [2.45, 2.75) is 422 Å². The van der Waals surface area contributed by atoms with Gasteiger partial charge < -0.3 is 50.5 Å². The molecule has 1 saturated heterocycles. The van der Waals surface area contributed by atoms with Crippen molar-refractivity contribution in [1.82, 2.24) is 5.32 Å². The van der Waals surface area contributed by atoms with Crippen molar-refractivity contribution in [2.24, 2.45) is 0 Å². The molecule has 0 saturated carbocycles. The summed E-state index contributed by atoms with van der Waals surface area (Å²) in [5.41, 5.74) is 0. The van der Waals surface area contributed by atoms with E-state index in [0.717, 1.165) is 44.9 Å². The average Bonchev–Trinajstić information content (AvgIpc) is 2.77. The monoisotopic (exact) mass is 1240 g/mol. The van der Waals surface area contributed by atoms with Crippen LogP contribution in [0.3, 0.4) is 0 Å². The van der Waals surface area contributed by atoms with Crippen molar-refractivity contribution in [3.63, 3.8) is 0 Å². The van der Waals surface area contributed by atoms with Gasteiger partial charge in [0.15, 0.2) is 6.29 Å². The van der Waals surface area contributed by atoms with Crippen molar-refractivity contribution >= 4 is 5.91 Å². The number of nitrogens with one attached hydrogen (secondary N) is 1. The van der Waals surface area contributed by atoms with Crippen LogP contribution < -0.4 is 5.32 Å². The molecule has 518 valence electrons. The highest BCUT2D eigenvalue weighted by molar-refractivity contribution is 5.80. The van der Waals surface area contributed by atoms with Crippen molar-refractivity contribution in [2.75, 3.05) is 13.2 Å². The van der Waals surface area contributed by atoms with Crippen LogP contribution in [0.4, 0.5) is 0 Å². The first-order valence-electron chi connectivity index (χ1n) is 38.0. The average molecular weight is 1250 g/mol. The van der Waals surface area contributed by atoms with Crippen LogP contribution in [0.1, 0.15) is 367 Å². The molecule has 0 aromatic rings. The van der Waals surface area contributed by atoms with Crippen LogP contribution in [-0.2, 0) is 14.3 Å². The molecule has 1 aliphatic heterocycles. The number of ether oxygens (including phenoxy) is 2. The van der Waals surface area contributed by atoms with Crippen LogP contribution >= 0.6 is 0 Å². The van der Waals surface area contributed by atoms with Crippen LogP contribution in [-0.4, -0.2) is 110 Å². The van der Waals surface area contributed by atoms with Gasteiger partial charge in [0.05, 0.1) is 25.4 Å². The van der Waals surface area contributed by atoms with Gasteiger partial charge in [-0.3, -0.25) is 4.79 Å². The number of unbranched alkanes of at least 4 members (excludes halogenated alkanes) is 47. The summed E-state index contributed by atoms with van der Waals surface area (Å²) in [5.74, 6) is -0.708. The largest absolute Gasteiger partial charge is 0.394 e. The zero-order chi connectivity index (χ0) is 63.9. The van der Waals surface area contributed by atoms with E-state index >= 15 is 0 Å². The van der Waals surface area contributed by atoms with E-state index in [0.29, 0.717) is 19.3 Å². The van der Waals surface area contributed by atoms with Crippen molar-refractivity contribution in [1.29, 1.82) is 0 Å². The third-order valence-electron chi connectivity index (χ3n) is 18.3. The van der Waals surface area contributed by atoms with Gasteiger partial charge in [0.1, 0.15) is 36.6 Å². The topological polar surface area (TPSA) is 189 Å². The van der Waals surface area contributed by atoms with Crippen molar-refractivity contribution in [3.8, 4) is 0 Å². The quantitative estimate of drug-likeness (QED) is 0.0215. The Hall–Kier alpha value is -1.93. The number of aliphatic hydroxyl groups is 7. The zero-order valence-electron chi connectivity index (χ0n) is 57.5. The minimum atomic E-state index is -1.67. The molecule has 9 atom stereocenters. The highest BCUT2D eigenvalue weighted by Gasteiger charge is 2.44. The molecule has 0 aromatic carbocycles. The molecule has 0 aliphatic carbocycles. The molecule has 9 unspecified atom stereocenters. The fraction of sp³-hybridized carbons (Fsp3) is 0.883. The van der Waals surface area contributed by atoms with E-state index in [1.165, 1.54) is 276 Å². The van der Waals surface area contributed by atoms with Crippen LogP contribution in [0.25, 0.3) is 0 Å². The minimum absolute atomic E-state index is 0.241. The molecule has 1 heterocycles. The zero-order valence-corrected chi connectivity index (χ0v) is 57.5. The van der Waals surface area contributed by atoms with Gasteiger partial charge in [-0.2, -0.15) is 0 Å². The Bertz CT molecular complexity index is 1570. The summed E-state index contributed by atoms with van der Waals surface area (Å²) in [7, 11) is 0. The first-order chi connectivity index (χ1) is 43.2. The Morgan fingerprint density at radius 2 is 0.682 bits per heavy atom. The van der Waals surface area contributed by atoms with Crippen molar-refractivity contribution < 1.29 is 50.0 Å². The molecule has 0 aromatic heterocycles. The Morgan fingerprint density at radius 3 is 1.01 bits per heavy atom. The SMILES string of the molecule is CCCCCCCCCCCC/C=C/CC/C=C/CC/C=C/CCCC(O)C(O)C(COC1OC(CO)C(O)C(O)C1O)NC(=O)C(O)CCCCCCCCCCCCCCCCCC/C=C\CCCCCCCCCCCCCCCCCCCC. The summed E-state index contributed by atoms with van der Waals surface area (Å²) >= 11 is 0. The van der Waals surface area contributed by atoms with Gasteiger partial charge in [0.2, 0.25) is 5.91 Å². The second kappa shape index (κ2) is 65.1. The maximum absolute atomic E-state index is 13.3. The lowest BCUT2D eigenvalue weighted by molar-refractivity contribution is -0.303. The smallest absolute Gasteiger partial charge is 0.249 e. The number of amides is 1. The molecule has 11 heteroatoms. The van der Waals surface area contributed by atoms with Crippen LogP contribution in [0.2, 0.25) is 0 Å². The number of rotatable bonds is 67. The van der Waals surface area contributed by atoms with Gasteiger partial charge in [0.25, 0.3) is 0 Å². The lowest BCUT2D eigenvalue weighted by atomic mass is 9.98. The number of carbonyl (C=O) groups excluding carboxylic acids is 1. The third kappa shape index (κ3) is 51.6. The fourth-order valence-electron chi connectivity index (χ4n) is 12.2. The summed E-state index contributed by atoms with van der Waals surface area (Å²) in [6.07, 6.45) is 75.1. The van der Waals surface area contributed by atoms with Gasteiger partial charge in [-0.05, 0) is 89.9 Å². The molecule has 1 rings (SSSR count). The summed E-state index contributed by atoms with van der Waals surface area (Å²) in [6.45, 7) is 3.49. The third-order valence-corrected chi connectivity index (χ3v) is 18.3. The number of aliphatic hydroxyl groups excluding tert-OH is 7. The first kappa shape index (κ1) is 84.1. The molecule has 0 bridgehead atoms. The standard InChI is InChI=1S/C77H145NO10/c1-3-5-7-9-11-13-15-17-19-21-23-25-27-28-29-30-31-32-33-34-35-36-37-38-39-40-41-43-45-47-49-51-53-55-57-59-61-63-65-70(81)76(86)78-68(67-87-77-75(85)74(84)73(83)71(66-79)88-77)72(82)69(80)64-62-60-58-56-54-52-50-48-46-44-42-26-24-22-20-18-16-14-12-10-8-6-4-2/h26,34-35,42,48,50,56,58,68-75,77,79-85H,3-25,27-33,36-41,43-47,49,51-55,57,59-67H2,1-2H3,(H,78,86)/b35-34-,42-26+,50-48+,58-56+. The van der Waals surface area contributed by atoms with E-state index < -0.39 is 74.2 Å². The number of allylic oxidation sites excluding steroid dienone is 8. The Labute approximate surface area is 542 Å². The van der Waals surface area contributed by atoms with E-state index in [4.69, 9.17) is 9.47 Å². The fourth-order valence-corrected chi connectivity index (χ4v) is 12.2. The van der Waals surface area contributed by atoms with Gasteiger partial charge in [-0.25, -0.2) is 0 Å². The molecule has 88 heavy (non-hydrogen) atoms. The molecule has 1 amide bonds. The number of hydrogen-bond acceptors (Lipinski definition) is 10. The molecule has 0 spiro atoms. The molecule has 1 aliphatic rings. The van der Waals surface area contributed by atoms with E-state index in [1.54, 1.807) is 0 Å².